The lowest BCUT2D eigenvalue weighted by molar-refractivity contribution is 0.0993. The summed E-state index contributed by atoms with van der Waals surface area (Å²) >= 11 is 9.20. The quantitative estimate of drug-likeness (QED) is 0.749. The number of hydrogen-bond donors (Lipinski definition) is 0. The molecule has 18 heavy (non-hydrogen) atoms. The molecule has 0 aliphatic rings. The Labute approximate surface area is 118 Å². The molecule has 92 valence electrons. The molecule has 0 radical (unpaired) electrons. The van der Waals surface area contributed by atoms with E-state index in [0.717, 1.165) is 16.1 Å². The molecule has 2 aromatic rings. The van der Waals surface area contributed by atoms with Gasteiger partial charge in [0.1, 0.15) is 5.82 Å². The van der Waals surface area contributed by atoms with Crippen molar-refractivity contribution in [3.05, 3.63) is 68.9 Å². The molecule has 0 fully saturated rings. The molecule has 0 amide bonds. The van der Waals surface area contributed by atoms with E-state index >= 15 is 0 Å². The number of rotatable bonds is 3. The third-order valence-electron chi connectivity index (χ3n) is 2.49. The first-order valence-electron chi connectivity index (χ1n) is 5.29. The van der Waals surface area contributed by atoms with Crippen molar-refractivity contribution in [3.8, 4) is 0 Å². The summed E-state index contributed by atoms with van der Waals surface area (Å²) in [4.78, 5) is 12.0. The molecule has 0 unspecified atom stereocenters. The third kappa shape index (κ3) is 3.18. The molecule has 0 saturated heterocycles. The van der Waals surface area contributed by atoms with E-state index in [1.54, 1.807) is 0 Å². The minimum absolute atomic E-state index is 0.127. The van der Waals surface area contributed by atoms with Gasteiger partial charge in [0, 0.05) is 16.5 Å². The molecular formula is C14H9BrClFO. The molecule has 2 aromatic carbocycles. The predicted molar refractivity (Wildman–Crippen MR) is 73.6 cm³/mol. The third-order valence-corrected chi connectivity index (χ3v) is 3.29. The summed E-state index contributed by atoms with van der Waals surface area (Å²) in [6.45, 7) is 0. The van der Waals surface area contributed by atoms with Crippen LogP contribution in [0.4, 0.5) is 4.39 Å². The maximum absolute atomic E-state index is 12.9. The second-order valence-corrected chi connectivity index (χ2v) is 5.18. The van der Waals surface area contributed by atoms with Crippen molar-refractivity contribution in [1.82, 2.24) is 0 Å². The van der Waals surface area contributed by atoms with Gasteiger partial charge in [-0.1, -0.05) is 39.7 Å². The SMILES string of the molecule is O=C(Cc1cccc(Br)c1)c1ccc(F)cc1Cl. The van der Waals surface area contributed by atoms with Crippen molar-refractivity contribution in [2.45, 2.75) is 6.42 Å². The van der Waals surface area contributed by atoms with E-state index in [1.165, 1.54) is 12.1 Å². The van der Waals surface area contributed by atoms with Gasteiger partial charge in [0.05, 0.1) is 5.02 Å². The second kappa shape index (κ2) is 5.63. The van der Waals surface area contributed by atoms with Crippen molar-refractivity contribution in [2.75, 3.05) is 0 Å². The van der Waals surface area contributed by atoms with Crippen molar-refractivity contribution in [2.24, 2.45) is 0 Å². The number of Topliss-reactive ketones (excluding diaryl/α,β-unsaturated/α-hetero) is 1. The van der Waals surface area contributed by atoms with Crippen LogP contribution in [-0.4, -0.2) is 5.78 Å². The van der Waals surface area contributed by atoms with E-state index in [2.05, 4.69) is 15.9 Å². The van der Waals surface area contributed by atoms with E-state index in [1.807, 2.05) is 24.3 Å². The number of carbonyl (C=O) groups is 1. The summed E-state index contributed by atoms with van der Waals surface area (Å²) in [6.07, 6.45) is 0.241. The van der Waals surface area contributed by atoms with Gasteiger partial charge in [-0.3, -0.25) is 4.79 Å². The van der Waals surface area contributed by atoms with Crippen molar-refractivity contribution in [1.29, 1.82) is 0 Å². The number of carbonyl (C=O) groups excluding carboxylic acids is 1. The van der Waals surface area contributed by atoms with Crippen LogP contribution in [0.5, 0.6) is 0 Å². The number of halogens is 3. The van der Waals surface area contributed by atoms with E-state index in [0.29, 0.717) is 5.56 Å². The molecule has 0 heterocycles. The van der Waals surface area contributed by atoms with Gasteiger partial charge in [0.25, 0.3) is 0 Å². The highest BCUT2D eigenvalue weighted by Crippen LogP contribution is 2.20. The first-order valence-corrected chi connectivity index (χ1v) is 6.46. The summed E-state index contributed by atoms with van der Waals surface area (Å²) in [7, 11) is 0. The lowest BCUT2D eigenvalue weighted by atomic mass is 10.0. The predicted octanol–water partition coefficient (Wildman–Crippen LogP) is 4.67. The maximum Gasteiger partial charge on any atom is 0.168 e. The van der Waals surface area contributed by atoms with Crippen LogP contribution in [0.3, 0.4) is 0 Å². The number of benzene rings is 2. The minimum atomic E-state index is -0.445. The van der Waals surface area contributed by atoms with E-state index in [4.69, 9.17) is 11.6 Å². The number of ketones is 1. The summed E-state index contributed by atoms with van der Waals surface area (Å²) in [5.74, 6) is -0.572. The summed E-state index contributed by atoms with van der Waals surface area (Å²) in [5, 5.41) is 0.148. The first-order chi connectivity index (χ1) is 8.56. The van der Waals surface area contributed by atoms with Gasteiger partial charge in [-0.05, 0) is 35.9 Å². The highest BCUT2D eigenvalue weighted by Gasteiger charge is 2.11. The molecule has 0 bridgehead atoms. The molecule has 0 aromatic heterocycles. The zero-order valence-electron chi connectivity index (χ0n) is 9.29. The van der Waals surface area contributed by atoms with Gasteiger partial charge in [0.2, 0.25) is 0 Å². The maximum atomic E-state index is 12.9. The van der Waals surface area contributed by atoms with Gasteiger partial charge >= 0.3 is 0 Å². The lowest BCUT2D eigenvalue weighted by Crippen LogP contribution is -2.04. The minimum Gasteiger partial charge on any atom is -0.294 e. The summed E-state index contributed by atoms with van der Waals surface area (Å²) < 4.78 is 13.8. The second-order valence-electron chi connectivity index (χ2n) is 3.85. The average molecular weight is 328 g/mol. The fourth-order valence-corrected chi connectivity index (χ4v) is 2.36. The van der Waals surface area contributed by atoms with Gasteiger partial charge in [-0.15, -0.1) is 0 Å². The summed E-state index contributed by atoms with van der Waals surface area (Å²) in [5.41, 5.74) is 1.23. The molecular weight excluding hydrogens is 319 g/mol. The monoisotopic (exact) mass is 326 g/mol. The molecule has 2 rings (SSSR count). The van der Waals surface area contributed by atoms with Crippen LogP contribution in [0.2, 0.25) is 5.02 Å². The van der Waals surface area contributed by atoms with Crippen molar-refractivity contribution >= 4 is 33.3 Å². The molecule has 0 N–H and O–H groups in total. The highest BCUT2D eigenvalue weighted by atomic mass is 79.9. The van der Waals surface area contributed by atoms with Gasteiger partial charge in [-0.25, -0.2) is 4.39 Å². The van der Waals surface area contributed by atoms with E-state index in [9.17, 15) is 9.18 Å². The molecule has 0 saturated carbocycles. The molecule has 4 heteroatoms. The van der Waals surface area contributed by atoms with E-state index < -0.39 is 5.82 Å². The molecule has 0 atom stereocenters. The van der Waals surface area contributed by atoms with Crippen LogP contribution >= 0.6 is 27.5 Å². The Morgan fingerprint density at radius 2 is 2.00 bits per heavy atom. The Balaban J connectivity index is 2.22. The molecule has 0 aliphatic carbocycles. The van der Waals surface area contributed by atoms with Crippen LogP contribution in [0, 0.1) is 5.82 Å². The fraction of sp³-hybridized carbons (Fsp3) is 0.0714. The average Bonchev–Trinajstić information content (AvgIpc) is 2.28. The van der Waals surface area contributed by atoms with Crippen LogP contribution in [0.15, 0.2) is 46.9 Å². The Morgan fingerprint density at radius 3 is 2.67 bits per heavy atom. The largest absolute Gasteiger partial charge is 0.294 e. The van der Waals surface area contributed by atoms with Gasteiger partial charge in [-0.2, -0.15) is 0 Å². The summed E-state index contributed by atoms with van der Waals surface area (Å²) in [6, 6.07) is 11.3. The highest BCUT2D eigenvalue weighted by molar-refractivity contribution is 9.10. The van der Waals surface area contributed by atoms with E-state index in [-0.39, 0.29) is 17.2 Å². The normalized spacial score (nSPS) is 10.4. The van der Waals surface area contributed by atoms with Crippen LogP contribution in [0.25, 0.3) is 0 Å². The van der Waals surface area contributed by atoms with Gasteiger partial charge in [0.15, 0.2) is 5.78 Å². The number of hydrogen-bond acceptors (Lipinski definition) is 1. The molecule has 0 aliphatic heterocycles. The van der Waals surface area contributed by atoms with Gasteiger partial charge < -0.3 is 0 Å². The Hall–Kier alpha value is -1.19. The van der Waals surface area contributed by atoms with Crippen LogP contribution in [-0.2, 0) is 6.42 Å². The smallest absolute Gasteiger partial charge is 0.168 e. The fourth-order valence-electron chi connectivity index (χ4n) is 1.64. The van der Waals surface area contributed by atoms with Crippen LogP contribution < -0.4 is 0 Å². The standard InChI is InChI=1S/C14H9BrClFO/c15-10-3-1-2-9(6-10)7-14(18)12-5-4-11(17)8-13(12)16/h1-6,8H,7H2. The molecule has 1 nitrogen and oxygen atoms in total. The van der Waals surface area contributed by atoms with Crippen molar-refractivity contribution in [3.63, 3.8) is 0 Å². The first kappa shape index (κ1) is 13.2. The van der Waals surface area contributed by atoms with Crippen molar-refractivity contribution < 1.29 is 9.18 Å². The molecule has 0 spiro atoms. The van der Waals surface area contributed by atoms with Crippen LogP contribution in [0.1, 0.15) is 15.9 Å². The Morgan fingerprint density at radius 1 is 1.22 bits per heavy atom. The zero-order valence-corrected chi connectivity index (χ0v) is 11.6. The zero-order chi connectivity index (χ0) is 13.1. The topological polar surface area (TPSA) is 17.1 Å². The Bertz CT molecular complexity index is 598. The Kier molecular flexibility index (Phi) is 4.15. The lowest BCUT2D eigenvalue weighted by Gasteiger charge is -2.04.